The highest BCUT2D eigenvalue weighted by atomic mass is 32.2. The summed E-state index contributed by atoms with van der Waals surface area (Å²) in [5, 5.41) is 1.95. The normalized spacial score (nSPS) is 11.6. The van der Waals surface area contributed by atoms with Gasteiger partial charge in [-0.1, -0.05) is 6.07 Å². The summed E-state index contributed by atoms with van der Waals surface area (Å²) in [6, 6.07) is 9.84. The van der Waals surface area contributed by atoms with Crippen LogP contribution in [0.25, 0.3) is 0 Å². The van der Waals surface area contributed by atoms with E-state index in [0.29, 0.717) is 5.69 Å². The third kappa shape index (κ3) is 3.65. The van der Waals surface area contributed by atoms with Gasteiger partial charge in [0.05, 0.1) is 10.6 Å². The van der Waals surface area contributed by atoms with Crippen molar-refractivity contribution in [3.05, 3.63) is 46.7 Å². The van der Waals surface area contributed by atoms with Crippen LogP contribution in [0, 0.1) is 0 Å². The number of hydrogen-bond donors (Lipinski definition) is 2. The number of rotatable bonds is 4. The summed E-state index contributed by atoms with van der Waals surface area (Å²) in [7, 11) is -3.85. The molecule has 0 amide bonds. The molecule has 2 rings (SSSR count). The largest absolute Gasteiger partial charge is 0.369 e. The zero-order valence-electron chi connectivity index (χ0n) is 10.3. The first-order chi connectivity index (χ1) is 9.47. The number of guanidine groups is 1. The fourth-order valence-electron chi connectivity index (χ4n) is 1.40. The summed E-state index contributed by atoms with van der Waals surface area (Å²) >= 11 is 1.57. The van der Waals surface area contributed by atoms with Crippen molar-refractivity contribution in [3.8, 4) is 0 Å². The molecule has 0 aliphatic heterocycles. The van der Waals surface area contributed by atoms with Crippen LogP contribution in [0.2, 0.25) is 0 Å². The average Bonchev–Trinajstić information content (AvgIpc) is 2.88. The smallest absolute Gasteiger partial charge is 0.285 e. The Kier molecular flexibility index (Phi) is 4.16. The molecule has 0 fully saturated rings. The zero-order valence-corrected chi connectivity index (χ0v) is 11.9. The molecule has 0 saturated carbocycles. The summed E-state index contributed by atoms with van der Waals surface area (Å²) in [4.78, 5) is 5.27. The lowest BCUT2D eigenvalue weighted by Crippen LogP contribution is -2.24. The Morgan fingerprint density at radius 3 is 2.40 bits per heavy atom. The lowest BCUT2D eigenvalue weighted by molar-refractivity contribution is 0.598. The van der Waals surface area contributed by atoms with Crippen LogP contribution in [-0.4, -0.2) is 20.6 Å². The molecule has 0 spiro atoms. The minimum Gasteiger partial charge on any atom is -0.369 e. The second-order valence-corrected chi connectivity index (χ2v) is 6.34. The molecule has 4 N–H and O–H groups in total. The fourth-order valence-corrected chi connectivity index (χ4v) is 2.85. The van der Waals surface area contributed by atoms with E-state index < -0.39 is 16.0 Å². The molecular weight excluding hydrogens is 296 g/mol. The fraction of sp³-hybridized carbons (Fsp3) is 0. The van der Waals surface area contributed by atoms with E-state index in [2.05, 4.69) is 9.39 Å². The van der Waals surface area contributed by atoms with E-state index in [9.17, 15) is 8.42 Å². The zero-order chi connectivity index (χ0) is 14.6. The number of nitrogens with zero attached hydrogens (tertiary/aromatic N) is 2. The molecule has 0 aliphatic carbocycles. The first kappa shape index (κ1) is 14.2. The maximum atomic E-state index is 11.7. The number of thiophene rings is 1. The number of hydrogen-bond acceptors (Lipinski definition) is 4. The van der Waals surface area contributed by atoms with Crippen molar-refractivity contribution in [2.45, 2.75) is 4.90 Å². The number of nitrogens with two attached hydrogens (primary N) is 2. The summed E-state index contributed by atoms with van der Waals surface area (Å²) in [5.74, 6) is -0.496. The topological polar surface area (TPSA) is 111 Å². The van der Waals surface area contributed by atoms with Gasteiger partial charge in [0.1, 0.15) is 0 Å². The monoisotopic (exact) mass is 308 g/mol. The average molecular weight is 308 g/mol. The predicted molar refractivity (Wildman–Crippen MR) is 81.0 cm³/mol. The van der Waals surface area contributed by atoms with Crippen molar-refractivity contribution in [2.24, 2.45) is 20.9 Å². The van der Waals surface area contributed by atoms with E-state index in [1.165, 1.54) is 12.1 Å². The summed E-state index contributed by atoms with van der Waals surface area (Å²) < 4.78 is 26.6. The van der Waals surface area contributed by atoms with E-state index in [4.69, 9.17) is 11.5 Å². The Balaban J connectivity index is 2.21. The molecule has 0 unspecified atom stereocenters. The van der Waals surface area contributed by atoms with Crippen LogP contribution in [-0.2, 0) is 10.0 Å². The number of benzene rings is 1. The van der Waals surface area contributed by atoms with Gasteiger partial charge in [0.2, 0.25) is 5.96 Å². The third-order valence-electron chi connectivity index (χ3n) is 2.24. The molecule has 0 saturated heterocycles. The van der Waals surface area contributed by atoms with E-state index in [1.807, 2.05) is 17.5 Å². The van der Waals surface area contributed by atoms with Gasteiger partial charge in [-0.3, -0.25) is 4.99 Å². The molecule has 0 radical (unpaired) electrons. The first-order valence-electron chi connectivity index (χ1n) is 5.51. The van der Waals surface area contributed by atoms with Crippen LogP contribution in [0.3, 0.4) is 0 Å². The van der Waals surface area contributed by atoms with Gasteiger partial charge in [0.15, 0.2) is 0 Å². The highest BCUT2D eigenvalue weighted by Crippen LogP contribution is 2.18. The first-order valence-corrected chi connectivity index (χ1v) is 7.83. The highest BCUT2D eigenvalue weighted by molar-refractivity contribution is 7.90. The lowest BCUT2D eigenvalue weighted by atomic mass is 10.3. The van der Waals surface area contributed by atoms with Crippen molar-refractivity contribution in [1.29, 1.82) is 0 Å². The summed E-state index contributed by atoms with van der Waals surface area (Å²) in [6.07, 6.45) is 1.71. The molecule has 1 aromatic heterocycles. The molecule has 0 atom stereocenters. The Hall–Kier alpha value is -2.19. The van der Waals surface area contributed by atoms with Crippen LogP contribution in [0.5, 0.6) is 0 Å². The molecule has 0 bridgehead atoms. The van der Waals surface area contributed by atoms with E-state index in [-0.39, 0.29) is 4.90 Å². The minimum absolute atomic E-state index is 0.0148. The number of aliphatic imine (C=N–C) groups is 1. The van der Waals surface area contributed by atoms with Crippen molar-refractivity contribution >= 4 is 39.2 Å². The second kappa shape index (κ2) is 5.85. The molecular formula is C12H12N4O2S2. The summed E-state index contributed by atoms with van der Waals surface area (Å²) in [6.45, 7) is 0. The SMILES string of the molecule is NC(N)=NS(=O)(=O)c1ccc(N=Cc2cccs2)cc1. The van der Waals surface area contributed by atoms with Gasteiger partial charge in [-0.2, -0.15) is 8.42 Å². The van der Waals surface area contributed by atoms with E-state index in [1.54, 1.807) is 29.7 Å². The predicted octanol–water partition coefficient (Wildman–Crippen LogP) is 1.46. The minimum atomic E-state index is -3.85. The van der Waals surface area contributed by atoms with Crippen molar-refractivity contribution < 1.29 is 8.42 Å². The van der Waals surface area contributed by atoms with Gasteiger partial charge in [0.25, 0.3) is 10.0 Å². The molecule has 20 heavy (non-hydrogen) atoms. The summed E-state index contributed by atoms with van der Waals surface area (Å²) in [5.41, 5.74) is 10.8. The van der Waals surface area contributed by atoms with E-state index >= 15 is 0 Å². The Bertz CT molecular complexity index is 728. The molecule has 1 heterocycles. The highest BCUT2D eigenvalue weighted by Gasteiger charge is 2.12. The second-order valence-electron chi connectivity index (χ2n) is 3.76. The van der Waals surface area contributed by atoms with Gasteiger partial charge < -0.3 is 11.5 Å². The van der Waals surface area contributed by atoms with Gasteiger partial charge in [0, 0.05) is 11.1 Å². The van der Waals surface area contributed by atoms with Gasteiger partial charge in [-0.05, 0) is 35.7 Å². The van der Waals surface area contributed by atoms with Crippen molar-refractivity contribution in [1.82, 2.24) is 0 Å². The van der Waals surface area contributed by atoms with Gasteiger partial charge in [-0.15, -0.1) is 15.7 Å². The molecule has 1 aromatic carbocycles. The Morgan fingerprint density at radius 1 is 1.15 bits per heavy atom. The van der Waals surface area contributed by atoms with Crippen LogP contribution in [0.1, 0.15) is 4.88 Å². The van der Waals surface area contributed by atoms with Crippen LogP contribution < -0.4 is 11.5 Å². The quantitative estimate of drug-likeness (QED) is 0.658. The standard InChI is InChI=1S/C12H12N4O2S2/c13-12(14)16-20(17,18)11-5-3-9(4-6-11)15-8-10-2-1-7-19-10/h1-8H,(H4,13,14,16). The third-order valence-corrected chi connectivity index (χ3v) is 4.37. The van der Waals surface area contributed by atoms with E-state index in [0.717, 1.165) is 4.88 Å². The van der Waals surface area contributed by atoms with Crippen LogP contribution in [0.4, 0.5) is 5.69 Å². The molecule has 6 nitrogen and oxygen atoms in total. The molecule has 8 heteroatoms. The number of sulfonamides is 1. The Morgan fingerprint density at radius 2 is 1.85 bits per heavy atom. The van der Waals surface area contributed by atoms with Crippen molar-refractivity contribution in [2.75, 3.05) is 0 Å². The van der Waals surface area contributed by atoms with Crippen LogP contribution >= 0.6 is 11.3 Å². The van der Waals surface area contributed by atoms with Crippen molar-refractivity contribution in [3.63, 3.8) is 0 Å². The van der Waals surface area contributed by atoms with Gasteiger partial charge in [-0.25, -0.2) is 0 Å². The molecule has 0 aliphatic rings. The van der Waals surface area contributed by atoms with Gasteiger partial charge >= 0.3 is 0 Å². The maximum Gasteiger partial charge on any atom is 0.285 e. The van der Waals surface area contributed by atoms with Crippen LogP contribution in [0.15, 0.2) is 56.1 Å². The lowest BCUT2D eigenvalue weighted by Gasteiger charge is -1.99. The molecule has 104 valence electrons. The molecule has 2 aromatic rings. The maximum absolute atomic E-state index is 11.7. The Labute approximate surface area is 120 Å².